The van der Waals surface area contributed by atoms with Crippen LogP contribution in [0.15, 0.2) is 23.1 Å². The standard InChI is InChI=1S/C13H19N3O2/c1-16-6-5-9(7-12(16)17)13(18)15-8-10-3-2-4-11(10)14/h5-7,10-11H,2-4,8,14H2,1H3,(H,15,18). The number of nitrogens with zero attached hydrogens (tertiary/aromatic N) is 1. The lowest BCUT2D eigenvalue weighted by molar-refractivity contribution is 0.0946. The summed E-state index contributed by atoms with van der Waals surface area (Å²) in [5, 5.41) is 2.85. The van der Waals surface area contributed by atoms with E-state index in [0.717, 1.165) is 19.3 Å². The number of hydrogen-bond acceptors (Lipinski definition) is 3. The highest BCUT2D eigenvalue weighted by Gasteiger charge is 2.24. The van der Waals surface area contributed by atoms with Crippen LogP contribution >= 0.6 is 0 Å². The van der Waals surface area contributed by atoms with Crippen molar-refractivity contribution in [3.63, 3.8) is 0 Å². The second kappa shape index (κ2) is 5.35. The molecule has 1 aliphatic carbocycles. The number of carbonyl (C=O) groups is 1. The maximum atomic E-state index is 11.9. The van der Waals surface area contributed by atoms with E-state index in [9.17, 15) is 9.59 Å². The first-order chi connectivity index (χ1) is 8.58. The zero-order chi connectivity index (χ0) is 13.1. The molecule has 0 bridgehead atoms. The van der Waals surface area contributed by atoms with Gasteiger partial charge in [-0.1, -0.05) is 6.42 Å². The minimum absolute atomic E-state index is 0.180. The Hall–Kier alpha value is -1.62. The van der Waals surface area contributed by atoms with Crippen molar-refractivity contribution < 1.29 is 4.79 Å². The van der Waals surface area contributed by atoms with E-state index in [1.54, 1.807) is 19.3 Å². The Bertz CT molecular complexity index is 495. The normalized spacial score (nSPS) is 23.0. The van der Waals surface area contributed by atoms with Gasteiger partial charge in [-0.3, -0.25) is 9.59 Å². The molecule has 0 saturated heterocycles. The Balaban J connectivity index is 1.95. The third-order valence-corrected chi connectivity index (χ3v) is 3.61. The van der Waals surface area contributed by atoms with Crippen LogP contribution in [-0.4, -0.2) is 23.1 Å². The topological polar surface area (TPSA) is 77.1 Å². The summed E-state index contributed by atoms with van der Waals surface area (Å²) >= 11 is 0. The smallest absolute Gasteiger partial charge is 0.251 e. The van der Waals surface area contributed by atoms with Crippen molar-refractivity contribution in [3.05, 3.63) is 34.2 Å². The molecule has 1 aromatic heterocycles. The first kappa shape index (κ1) is 12.8. The number of pyridine rings is 1. The van der Waals surface area contributed by atoms with Gasteiger partial charge in [0.05, 0.1) is 0 Å². The molecule has 0 aromatic carbocycles. The third kappa shape index (κ3) is 2.79. The second-order valence-corrected chi connectivity index (χ2v) is 4.93. The fourth-order valence-corrected chi connectivity index (χ4v) is 2.33. The molecule has 1 saturated carbocycles. The van der Waals surface area contributed by atoms with E-state index < -0.39 is 0 Å². The average molecular weight is 249 g/mol. The van der Waals surface area contributed by atoms with Crippen LogP contribution in [0.2, 0.25) is 0 Å². The average Bonchev–Trinajstić information content (AvgIpc) is 2.75. The molecule has 1 aromatic rings. The van der Waals surface area contributed by atoms with Crippen LogP contribution in [0.5, 0.6) is 0 Å². The maximum absolute atomic E-state index is 11.9. The minimum Gasteiger partial charge on any atom is -0.352 e. The number of rotatable bonds is 3. The van der Waals surface area contributed by atoms with Crippen LogP contribution < -0.4 is 16.6 Å². The molecule has 1 fully saturated rings. The molecule has 1 amide bonds. The van der Waals surface area contributed by atoms with Crippen molar-refractivity contribution in [2.75, 3.05) is 6.54 Å². The lowest BCUT2D eigenvalue weighted by Gasteiger charge is -2.15. The lowest BCUT2D eigenvalue weighted by Crippen LogP contribution is -2.36. The highest BCUT2D eigenvalue weighted by molar-refractivity contribution is 5.93. The van der Waals surface area contributed by atoms with Crippen molar-refractivity contribution in [1.29, 1.82) is 0 Å². The molecular weight excluding hydrogens is 230 g/mol. The van der Waals surface area contributed by atoms with E-state index in [2.05, 4.69) is 5.32 Å². The number of carbonyl (C=O) groups excluding carboxylic acids is 1. The first-order valence-electron chi connectivity index (χ1n) is 6.28. The van der Waals surface area contributed by atoms with E-state index >= 15 is 0 Å². The predicted molar refractivity (Wildman–Crippen MR) is 69.3 cm³/mol. The summed E-state index contributed by atoms with van der Waals surface area (Å²) in [6, 6.07) is 3.18. The molecule has 98 valence electrons. The van der Waals surface area contributed by atoms with Gasteiger partial charge in [-0.05, 0) is 24.8 Å². The van der Waals surface area contributed by atoms with Gasteiger partial charge in [-0.2, -0.15) is 0 Å². The van der Waals surface area contributed by atoms with Gasteiger partial charge in [0.25, 0.3) is 11.5 Å². The van der Waals surface area contributed by atoms with Gasteiger partial charge in [0.1, 0.15) is 0 Å². The molecule has 0 radical (unpaired) electrons. The Morgan fingerprint density at radius 2 is 2.33 bits per heavy atom. The summed E-state index contributed by atoms with van der Waals surface area (Å²) in [5.74, 6) is 0.160. The number of amides is 1. The van der Waals surface area contributed by atoms with E-state index in [-0.39, 0.29) is 17.5 Å². The number of nitrogens with two attached hydrogens (primary N) is 1. The van der Waals surface area contributed by atoms with Gasteiger partial charge < -0.3 is 15.6 Å². The molecule has 0 aliphatic heterocycles. The molecule has 18 heavy (non-hydrogen) atoms. The lowest BCUT2D eigenvalue weighted by atomic mass is 10.0. The van der Waals surface area contributed by atoms with Crippen molar-refractivity contribution >= 4 is 5.91 Å². The highest BCUT2D eigenvalue weighted by atomic mass is 16.2. The van der Waals surface area contributed by atoms with Gasteiger partial charge in [0.2, 0.25) is 0 Å². The Morgan fingerprint density at radius 1 is 1.56 bits per heavy atom. The Kier molecular flexibility index (Phi) is 3.81. The fourth-order valence-electron chi connectivity index (χ4n) is 2.33. The van der Waals surface area contributed by atoms with Crippen LogP contribution in [0.4, 0.5) is 0 Å². The zero-order valence-corrected chi connectivity index (χ0v) is 10.6. The molecule has 3 N–H and O–H groups in total. The molecule has 0 spiro atoms. The quantitative estimate of drug-likeness (QED) is 0.805. The Labute approximate surface area is 106 Å². The van der Waals surface area contributed by atoms with Gasteiger partial charge in [-0.25, -0.2) is 0 Å². The number of hydrogen-bond donors (Lipinski definition) is 2. The van der Waals surface area contributed by atoms with Crippen LogP contribution in [-0.2, 0) is 7.05 Å². The van der Waals surface area contributed by atoms with Gasteiger partial charge >= 0.3 is 0 Å². The van der Waals surface area contributed by atoms with Crippen LogP contribution in [0.1, 0.15) is 29.6 Å². The molecule has 5 heteroatoms. The van der Waals surface area contributed by atoms with Crippen molar-refractivity contribution in [2.45, 2.75) is 25.3 Å². The van der Waals surface area contributed by atoms with E-state index in [1.165, 1.54) is 10.6 Å². The van der Waals surface area contributed by atoms with Crippen molar-refractivity contribution in [3.8, 4) is 0 Å². The summed E-state index contributed by atoms with van der Waals surface area (Å²) in [4.78, 5) is 23.3. The molecule has 2 atom stereocenters. The van der Waals surface area contributed by atoms with Crippen molar-refractivity contribution in [2.24, 2.45) is 18.7 Å². The summed E-state index contributed by atoms with van der Waals surface area (Å²) in [7, 11) is 1.65. The van der Waals surface area contributed by atoms with Gasteiger partial charge in [0, 0.05) is 37.5 Å². The van der Waals surface area contributed by atoms with Crippen LogP contribution in [0.25, 0.3) is 0 Å². The number of nitrogens with one attached hydrogen (secondary N) is 1. The summed E-state index contributed by atoms with van der Waals surface area (Å²) in [6.45, 7) is 0.592. The van der Waals surface area contributed by atoms with E-state index in [0.29, 0.717) is 18.0 Å². The van der Waals surface area contributed by atoms with Crippen molar-refractivity contribution in [1.82, 2.24) is 9.88 Å². The minimum atomic E-state index is -0.202. The molecule has 2 unspecified atom stereocenters. The summed E-state index contributed by atoms with van der Waals surface area (Å²) in [6.07, 6.45) is 4.83. The predicted octanol–water partition coefficient (Wildman–Crippen LogP) is 0.243. The maximum Gasteiger partial charge on any atom is 0.251 e. The third-order valence-electron chi connectivity index (χ3n) is 3.61. The van der Waals surface area contributed by atoms with Gasteiger partial charge in [0.15, 0.2) is 0 Å². The van der Waals surface area contributed by atoms with Gasteiger partial charge in [-0.15, -0.1) is 0 Å². The molecular formula is C13H19N3O2. The molecule has 1 aliphatic rings. The molecule has 2 rings (SSSR count). The SMILES string of the molecule is Cn1ccc(C(=O)NCC2CCCC2N)cc1=O. The van der Waals surface area contributed by atoms with E-state index in [4.69, 9.17) is 5.73 Å². The van der Waals surface area contributed by atoms with Crippen LogP contribution in [0.3, 0.4) is 0 Å². The number of aromatic nitrogens is 1. The Morgan fingerprint density at radius 3 is 2.94 bits per heavy atom. The number of aryl methyl sites for hydroxylation is 1. The largest absolute Gasteiger partial charge is 0.352 e. The molecule has 5 nitrogen and oxygen atoms in total. The molecule has 1 heterocycles. The monoisotopic (exact) mass is 249 g/mol. The zero-order valence-electron chi connectivity index (χ0n) is 10.6. The highest BCUT2D eigenvalue weighted by Crippen LogP contribution is 2.23. The summed E-state index contributed by atoms with van der Waals surface area (Å²) < 4.78 is 1.43. The first-order valence-corrected chi connectivity index (χ1v) is 6.28. The fraction of sp³-hybridized carbons (Fsp3) is 0.538. The second-order valence-electron chi connectivity index (χ2n) is 4.93. The summed E-state index contributed by atoms with van der Waals surface area (Å²) in [5.41, 5.74) is 6.17. The van der Waals surface area contributed by atoms with Crippen LogP contribution in [0, 0.1) is 5.92 Å². The van der Waals surface area contributed by atoms with E-state index in [1.807, 2.05) is 0 Å².